The van der Waals surface area contributed by atoms with Gasteiger partial charge < -0.3 is 15.0 Å². The number of nitrogens with one attached hydrogen (secondary N) is 1. The number of ether oxygens (including phenoxy) is 1. The first kappa shape index (κ1) is 29.7. The van der Waals surface area contributed by atoms with E-state index in [1.165, 1.54) is 12.0 Å². The fourth-order valence-electron chi connectivity index (χ4n) is 4.41. The molecule has 0 spiro atoms. The lowest BCUT2D eigenvalue weighted by molar-refractivity contribution is -0.140. The number of nitrogens with zero attached hydrogens (tertiary/aromatic N) is 2. The molecule has 0 bridgehead atoms. The van der Waals surface area contributed by atoms with Gasteiger partial charge in [0.1, 0.15) is 18.3 Å². The third-order valence-corrected chi connectivity index (χ3v) is 7.63. The molecule has 1 N–H and O–H groups in total. The van der Waals surface area contributed by atoms with Crippen molar-refractivity contribution < 1.29 is 22.7 Å². The van der Waals surface area contributed by atoms with Crippen LogP contribution < -0.4 is 14.4 Å². The number of sulfonamides is 1. The summed E-state index contributed by atoms with van der Waals surface area (Å²) in [5.74, 6) is -0.476. The molecule has 0 saturated carbocycles. The summed E-state index contributed by atoms with van der Waals surface area (Å²) in [5.41, 5.74) is 3.80. The molecule has 3 rings (SSSR count). The van der Waals surface area contributed by atoms with Crippen molar-refractivity contribution in [3.8, 4) is 5.75 Å². The van der Waals surface area contributed by atoms with Gasteiger partial charge >= 0.3 is 0 Å². The van der Waals surface area contributed by atoms with Crippen molar-refractivity contribution in [3.05, 3.63) is 95.1 Å². The summed E-state index contributed by atoms with van der Waals surface area (Å²) >= 11 is 0. The number of amides is 2. The Morgan fingerprint density at radius 1 is 0.974 bits per heavy atom. The van der Waals surface area contributed by atoms with E-state index in [9.17, 15) is 18.0 Å². The Hall–Kier alpha value is -3.85. The van der Waals surface area contributed by atoms with Crippen molar-refractivity contribution >= 4 is 27.5 Å². The van der Waals surface area contributed by atoms with Crippen LogP contribution in [0.5, 0.6) is 5.75 Å². The molecule has 0 radical (unpaired) electrons. The van der Waals surface area contributed by atoms with Crippen LogP contribution in [-0.4, -0.2) is 57.6 Å². The number of rotatable bonds is 12. The minimum atomic E-state index is -3.89. The van der Waals surface area contributed by atoms with E-state index in [1.807, 2.05) is 75.4 Å². The van der Waals surface area contributed by atoms with Gasteiger partial charge in [0, 0.05) is 19.5 Å². The van der Waals surface area contributed by atoms with Crippen LogP contribution in [0.3, 0.4) is 0 Å². The molecule has 3 aromatic rings. The van der Waals surface area contributed by atoms with E-state index in [0.717, 1.165) is 32.8 Å². The maximum absolute atomic E-state index is 14.1. The third-order valence-electron chi connectivity index (χ3n) is 6.51. The largest absolute Gasteiger partial charge is 0.495 e. The zero-order chi connectivity index (χ0) is 28.6. The Morgan fingerprint density at radius 2 is 1.64 bits per heavy atom. The Balaban J connectivity index is 2.09. The second-order valence-corrected chi connectivity index (χ2v) is 11.4. The fourth-order valence-corrected chi connectivity index (χ4v) is 5.25. The monoisotopic (exact) mass is 551 g/mol. The van der Waals surface area contributed by atoms with E-state index in [0.29, 0.717) is 12.3 Å². The molecule has 0 fully saturated rings. The average molecular weight is 552 g/mol. The summed E-state index contributed by atoms with van der Waals surface area (Å²) in [7, 11) is -2.44. The van der Waals surface area contributed by atoms with Gasteiger partial charge in [-0.05, 0) is 55.2 Å². The molecular formula is C30H37N3O5S. The van der Waals surface area contributed by atoms with Gasteiger partial charge in [-0.25, -0.2) is 8.42 Å². The van der Waals surface area contributed by atoms with Crippen LogP contribution in [0.4, 0.5) is 5.69 Å². The van der Waals surface area contributed by atoms with E-state index >= 15 is 0 Å². The molecule has 0 aliphatic rings. The number of carbonyl (C=O) groups excluding carboxylic acids is 2. The van der Waals surface area contributed by atoms with Crippen LogP contribution in [0.1, 0.15) is 29.2 Å². The second kappa shape index (κ2) is 13.3. The quantitative estimate of drug-likeness (QED) is 0.369. The molecule has 39 heavy (non-hydrogen) atoms. The number of anilines is 1. The van der Waals surface area contributed by atoms with Crippen molar-refractivity contribution in [1.29, 1.82) is 0 Å². The van der Waals surface area contributed by atoms with E-state index in [-0.39, 0.29) is 24.6 Å². The molecule has 2 amide bonds. The number of hydrogen-bond acceptors (Lipinski definition) is 5. The van der Waals surface area contributed by atoms with Gasteiger partial charge in [0.05, 0.1) is 19.1 Å². The maximum atomic E-state index is 14.1. The highest BCUT2D eigenvalue weighted by Gasteiger charge is 2.33. The van der Waals surface area contributed by atoms with Crippen molar-refractivity contribution in [2.24, 2.45) is 0 Å². The highest BCUT2D eigenvalue weighted by Crippen LogP contribution is 2.31. The predicted octanol–water partition coefficient (Wildman–Crippen LogP) is 3.85. The second-order valence-electron chi connectivity index (χ2n) is 9.49. The molecule has 3 aromatic carbocycles. The van der Waals surface area contributed by atoms with Crippen LogP contribution in [0.2, 0.25) is 0 Å². The Labute approximate surface area is 231 Å². The van der Waals surface area contributed by atoms with Crippen LogP contribution in [0.15, 0.2) is 72.8 Å². The number of benzene rings is 3. The highest BCUT2D eigenvalue weighted by atomic mass is 32.2. The minimum absolute atomic E-state index is 0.142. The lowest BCUT2D eigenvalue weighted by Gasteiger charge is -2.34. The third kappa shape index (κ3) is 7.83. The van der Waals surface area contributed by atoms with Gasteiger partial charge in [-0.15, -0.1) is 0 Å². The summed E-state index contributed by atoms with van der Waals surface area (Å²) in [6.45, 7) is 5.64. The topological polar surface area (TPSA) is 96.0 Å². The fraction of sp³-hybridized carbons (Fsp3) is 0.333. The number of hydrogen-bond donors (Lipinski definition) is 1. The molecule has 0 saturated heterocycles. The molecule has 9 heteroatoms. The molecule has 0 aliphatic heterocycles. The number of methoxy groups -OCH3 is 1. The molecule has 0 aromatic heterocycles. The van der Waals surface area contributed by atoms with E-state index in [2.05, 4.69) is 5.32 Å². The number of likely N-dealkylation sites (N-methyl/N-ethyl adjacent to an activating group) is 1. The van der Waals surface area contributed by atoms with Crippen LogP contribution in [0, 0.1) is 13.8 Å². The van der Waals surface area contributed by atoms with Gasteiger partial charge in [-0.3, -0.25) is 13.9 Å². The maximum Gasteiger partial charge on any atom is 0.244 e. The molecule has 0 aliphatic carbocycles. The zero-order valence-corrected chi connectivity index (χ0v) is 24.0. The molecular weight excluding hydrogens is 514 g/mol. The van der Waals surface area contributed by atoms with E-state index < -0.39 is 28.5 Å². The Bertz CT molecular complexity index is 1390. The van der Waals surface area contributed by atoms with Gasteiger partial charge in [0.25, 0.3) is 0 Å². The van der Waals surface area contributed by atoms with Gasteiger partial charge in [0.15, 0.2) is 0 Å². The Morgan fingerprint density at radius 3 is 2.26 bits per heavy atom. The van der Waals surface area contributed by atoms with Gasteiger partial charge in [-0.2, -0.15) is 0 Å². The first-order valence-electron chi connectivity index (χ1n) is 12.8. The predicted molar refractivity (Wildman–Crippen MR) is 154 cm³/mol. The van der Waals surface area contributed by atoms with Crippen molar-refractivity contribution in [2.45, 2.75) is 39.8 Å². The smallest absolute Gasteiger partial charge is 0.244 e. The lowest BCUT2D eigenvalue weighted by Crippen LogP contribution is -2.53. The SMILES string of the molecule is CCNC(=O)[C@H](Cc1ccccc1)N(Cc1ccccc1C)C(=O)CN(c1cc(C)ccc1OC)S(C)(=O)=O. The standard InChI is InChI=1S/C30H37N3O5S/c1-6-31-30(35)27(19-24-13-8-7-9-14-24)32(20-25-15-11-10-12-23(25)3)29(34)21-33(39(5,36)37)26-18-22(2)16-17-28(26)38-4/h7-18,27H,6,19-21H2,1-5H3,(H,31,35)/t27-/m0/s1. The van der Waals surface area contributed by atoms with Crippen molar-refractivity contribution in [3.63, 3.8) is 0 Å². The van der Waals surface area contributed by atoms with Crippen LogP contribution in [0.25, 0.3) is 0 Å². The van der Waals surface area contributed by atoms with Gasteiger partial charge in [-0.1, -0.05) is 60.7 Å². The molecule has 1 atom stereocenters. The van der Waals surface area contributed by atoms with Crippen LogP contribution >= 0.6 is 0 Å². The summed E-state index contributed by atoms with van der Waals surface area (Å²) in [5, 5.41) is 2.86. The summed E-state index contributed by atoms with van der Waals surface area (Å²) in [6, 6.07) is 21.4. The average Bonchev–Trinajstić information content (AvgIpc) is 2.90. The zero-order valence-electron chi connectivity index (χ0n) is 23.2. The first-order chi connectivity index (χ1) is 18.5. The summed E-state index contributed by atoms with van der Waals surface area (Å²) < 4.78 is 32.5. The summed E-state index contributed by atoms with van der Waals surface area (Å²) in [6.07, 6.45) is 1.33. The normalized spacial score (nSPS) is 11.9. The number of aryl methyl sites for hydroxylation is 2. The highest BCUT2D eigenvalue weighted by molar-refractivity contribution is 7.92. The van der Waals surface area contributed by atoms with Crippen molar-refractivity contribution in [1.82, 2.24) is 10.2 Å². The molecule has 0 heterocycles. The van der Waals surface area contributed by atoms with Gasteiger partial charge in [0.2, 0.25) is 21.8 Å². The van der Waals surface area contributed by atoms with Crippen LogP contribution in [-0.2, 0) is 32.6 Å². The summed E-state index contributed by atoms with van der Waals surface area (Å²) in [4.78, 5) is 29.0. The molecule has 208 valence electrons. The van der Waals surface area contributed by atoms with E-state index in [4.69, 9.17) is 4.74 Å². The van der Waals surface area contributed by atoms with Crippen molar-refractivity contribution in [2.75, 3.05) is 30.8 Å². The minimum Gasteiger partial charge on any atom is -0.495 e. The lowest BCUT2D eigenvalue weighted by atomic mass is 10.0. The first-order valence-corrected chi connectivity index (χ1v) is 14.7. The Kier molecular flexibility index (Phi) is 10.1. The molecule has 0 unspecified atom stereocenters. The molecule has 8 nitrogen and oxygen atoms in total. The van der Waals surface area contributed by atoms with E-state index in [1.54, 1.807) is 18.2 Å². The number of carbonyl (C=O) groups is 2.